The lowest BCUT2D eigenvalue weighted by atomic mass is 10.2. The van der Waals surface area contributed by atoms with Crippen LogP contribution in [0.5, 0.6) is 0 Å². The van der Waals surface area contributed by atoms with Crippen LogP contribution in [-0.2, 0) is 17.6 Å². The first-order chi connectivity index (χ1) is 13.8. The number of aryl methyl sites for hydroxylation is 1. The molecule has 0 saturated carbocycles. The highest BCUT2D eigenvalue weighted by Crippen LogP contribution is 2.10. The van der Waals surface area contributed by atoms with E-state index in [4.69, 9.17) is 0 Å². The summed E-state index contributed by atoms with van der Waals surface area (Å²) < 4.78 is 1.99. The van der Waals surface area contributed by atoms with Gasteiger partial charge in [0.15, 0.2) is 5.65 Å². The van der Waals surface area contributed by atoms with Gasteiger partial charge in [-0.15, -0.1) is 10.2 Å². The van der Waals surface area contributed by atoms with Gasteiger partial charge in [-0.1, -0.05) is 12.1 Å². The topological polar surface area (TPSA) is 66.6 Å². The summed E-state index contributed by atoms with van der Waals surface area (Å²) in [5.41, 5.74) is 1.98. The molecule has 1 amide bonds. The summed E-state index contributed by atoms with van der Waals surface area (Å²) in [6.45, 7) is 4.50. The average molecular weight is 378 g/mol. The number of nitrogens with zero attached hydrogens (tertiary/aromatic N) is 6. The van der Waals surface area contributed by atoms with Crippen molar-refractivity contribution in [2.75, 3.05) is 32.7 Å². The number of carbonyl (C=O) groups is 1. The van der Waals surface area contributed by atoms with E-state index in [1.54, 1.807) is 0 Å². The number of carbonyl (C=O) groups excluding carboxylic acids is 1. The Morgan fingerprint density at radius 3 is 2.64 bits per heavy atom. The van der Waals surface area contributed by atoms with E-state index in [2.05, 4.69) is 26.1 Å². The molecule has 3 aromatic heterocycles. The van der Waals surface area contributed by atoms with Crippen LogP contribution in [0, 0.1) is 0 Å². The van der Waals surface area contributed by atoms with Crippen molar-refractivity contribution in [3.63, 3.8) is 0 Å². The molecule has 3 aromatic rings. The Morgan fingerprint density at radius 1 is 0.964 bits per heavy atom. The number of hydrogen-bond donors (Lipinski definition) is 0. The normalized spacial score (nSPS) is 15.2. The summed E-state index contributed by atoms with van der Waals surface area (Å²) in [5, 5.41) is 8.40. The van der Waals surface area contributed by atoms with Gasteiger partial charge in [-0.3, -0.25) is 19.1 Å². The van der Waals surface area contributed by atoms with Gasteiger partial charge in [0, 0.05) is 70.1 Å². The van der Waals surface area contributed by atoms with Gasteiger partial charge < -0.3 is 4.90 Å². The maximum atomic E-state index is 12.5. The highest BCUT2D eigenvalue weighted by atomic mass is 16.2. The van der Waals surface area contributed by atoms with Gasteiger partial charge in [0.05, 0.1) is 0 Å². The Kier molecular flexibility index (Phi) is 5.92. The smallest absolute Gasteiger partial charge is 0.222 e. The van der Waals surface area contributed by atoms with E-state index in [-0.39, 0.29) is 5.91 Å². The number of piperazine rings is 1. The molecule has 28 heavy (non-hydrogen) atoms. The van der Waals surface area contributed by atoms with Crippen molar-refractivity contribution in [1.82, 2.24) is 29.4 Å². The largest absolute Gasteiger partial charge is 0.340 e. The first-order valence-electron chi connectivity index (χ1n) is 9.98. The molecule has 1 aliphatic heterocycles. The molecule has 146 valence electrons. The Balaban J connectivity index is 1.18. The van der Waals surface area contributed by atoms with Crippen LogP contribution in [-0.4, -0.2) is 68.0 Å². The average Bonchev–Trinajstić information content (AvgIpc) is 3.16. The fraction of sp³-hybridized carbons (Fsp3) is 0.429. The molecule has 7 nitrogen and oxygen atoms in total. The van der Waals surface area contributed by atoms with Crippen LogP contribution in [0.25, 0.3) is 5.65 Å². The maximum Gasteiger partial charge on any atom is 0.222 e. The third-order valence-electron chi connectivity index (χ3n) is 5.31. The van der Waals surface area contributed by atoms with Crippen molar-refractivity contribution in [1.29, 1.82) is 0 Å². The molecule has 0 aromatic carbocycles. The number of amides is 1. The van der Waals surface area contributed by atoms with E-state index < -0.39 is 0 Å². The Bertz CT molecular complexity index is 901. The minimum atomic E-state index is 0.248. The second kappa shape index (κ2) is 8.93. The highest BCUT2D eigenvalue weighted by molar-refractivity contribution is 5.76. The fourth-order valence-electron chi connectivity index (χ4n) is 3.66. The number of pyridine rings is 2. The minimum Gasteiger partial charge on any atom is -0.340 e. The molecule has 7 heteroatoms. The summed E-state index contributed by atoms with van der Waals surface area (Å²) >= 11 is 0. The molecule has 0 N–H and O–H groups in total. The molecule has 0 aliphatic carbocycles. The number of aromatic nitrogens is 4. The van der Waals surface area contributed by atoms with Crippen molar-refractivity contribution in [2.45, 2.75) is 25.7 Å². The molecule has 4 heterocycles. The number of rotatable bonds is 7. The molecule has 0 radical (unpaired) electrons. The second-order valence-corrected chi connectivity index (χ2v) is 7.19. The summed E-state index contributed by atoms with van der Waals surface area (Å²) in [5.74, 6) is 1.17. The van der Waals surface area contributed by atoms with Crippen LogP contribution in [0.2, 0.25) is 0 Å². The molecule has 0 atom stereocenters. The zero-order valence-corrected chi connectivity index (χ0v) is 16.1. The van der Waals surface area contributed by atoms with E-state index in [1.165, 1.54) is 0 Å². The summed E-state index contributed by atoms with van der Waals surface area (Å²) in [7, 11) is 0. The van der Waals surface area contributed by atoms with Gasteiger partial charge in [0.2, 0.25) is 5.91 Å². The zero-order chi connectivity index (χ0) is 19.2. The minimum absolute atomic E-state index is 0.248. The summed E-state index contributed by atoms with van der Waals surface area (Å²) in [6, 6.07) is 11.9. The van der Waals surface area contributed by atoms with Gasteiger partial charge in [-0.2, -0.15) is 0 Å². The van der Waals surface area contributed by atoms with E-state index in [0.717, 1.165) is 69.2 Å². The molecular formula is C21H26N6O. The van der Waals surface area contributed by atoms with Gasteiger partial charge in [0.1, 0.15) is 5.82 Å². The molecule has 0 spiro atoms. The SMILES string of the molecule is O=C(CCCc1nnc2ccccn12)N1CCN(CCc2ccccn2)CC1. The first kappa shape index (κ1) is 18.6. The first-order valence-corrected chi connectivity index (χ1v) is 9.98. The Labute approximate surface area is 165 Å². The van der Waals surface area contributed by atoms with E-state index in [1.807, 2.05) is 52.0 Å². The summed E-state index contributed by atoms with van der Waals surface area (Å²) in [6.07, 6.45) is 6.90. The third kappa shape index (κ3) is 4.54. The van der Waals surface area contributed by atoms with Crippen LogP contribution in [0.4, 0.5) is 0 Å². The van der Waals surface area contributed by atoms with Crippen LogP contribution in [0.15, 0.2) is 48.8 Å². The van der Waals surface area contributed by atoms with Crippen molar-refractivity contribution in [3.8, 4) is 0 Å². The van der Waals surface area contributed by atoms with Gasteiger partial charge in [-0.25, -0.2) is 0 Å². The van der Waals surface area contributed by atoms with Crippen molar-refractivity contribution < 1.29 is 4.79 Å². The van der Waals surface area contributed by atoms with Crippen LogP contribution >= 0.6 is 0 Å². The predicted molar refractivity (Wildman–Crippen MR) is 107 cm³/mol. The third-order valence-corrected chi connectivity index (χ3v) is 5.31. The fourth-order valence-corrected chi connectivity index (χ4v) is 3.66. The lowest BCUT2D eigenvalue weighted by molar-refractivity contribution is -0.133. The second-order valence-electron chi connectivity index (χ2n) is 7.19. The van der Waals surface area contributed by atoms with E-state index in [9.17, 15) is 4.79 Å². The zero-order valence-electron chi connectivity index (χ0n) is 16.1. The van der Waals surface area contributed by atoms with Crippen LogP contribution < -0.4 is 0 Å². The molecule has 1 saturated heterocycles. The number of hydrogen-bond acceptors (Lipinski definition) is 5. The molecule has 0 bridgehead atoms. The van der Waals surface area contributed by atoms with Crippen LogP contribution in [0.3, 0.4) is 0 Å². The van der Waals surface area contributed by atoms with Gasteiger partial charge in [0.25, 0.3) is 0 Å². The van der Waals surface area contributed by atoms with Crippen molar-refractivity contribution in [2.24, 2.45) is 0 Å². The number of fused-ring (bicyclic) bond motifs is 1. The molecule has 1 aliphatic rings. The Morgan fingerprint density at radius 2 is 1.82 bits per heavy atom. The molecule has 1 fully saturated rings. The maximum absolute atomic E-state index is 12.5. The molecule has 0 unspecified atom stereocenters. The predicted octanol–water partition coefficient (Wildman–Crippen LogP) is 1.83. The van der Waals surface area contributed by atoms with Gasteiger partial charge in [-0.05, 0) is 30.7 Å². The molecular weight excluding hydrogens is 352 g/mol. The van der Waals surface area contributed by atoms with Gasteiger partial charge >= 0.3 is 0 Å². The lowest BCUT2D eigenvalue weighted by Crippen LogP contribution is -2.49. The lowest BCUT2D eigenvalue weighted by Gasteiger charge is -2.34. The quantitative estimate of drug-likeness (QED) is 0.628. The monoisotopic (exact) mass is 378 g/mol. The molecule has 4 rings (SSSR count). The van der Waals surface area contributed by atoms with E-state index >= 15 is 0 Å². The van der Waals surface area contributed by atoms with Crippen LogP contribution in [0.1, 0.15) is 24.4 Å². The van der Waals surface area contributed by atoms with E-state index in [0.29, 0.717) is 6.42 Å². The van der Waals surface area contributed by atoms with Crippen molar-refractivity contribution >= 4 is 11.6 Å². The summed E-state index contributed by atoms with van der Waals surface area (Å²) in [4.78, 5) is 21.3. The Hall–Kier alpha value is -2.80. The standard InChI is InChI=1S/C21H26N6O/c28-21(9-5-8-20-24-23-19-7-2-4-12-27(19)20)26-16-14-25(15-17-26)13-10-18-6-1-3-11-22-18/h1-4,6-7,11-12H,5,8-10,13-17H2. The highest BCUT2D eigenvalue weighted by Gasteiger charge is 2.20. The van der Waals surface area contributed by atoms with Crippen molar-refractivity contribution in [3.05, 3.63) is 60.3 Å².